The van der Waals surface area contributed by atoms with Gasteiger partial charge in [-0.05, 0) is 25.9 Å². The van der Waals surface area contributed by atoms with E-state index < -0.39 is 0 Å². The van der Waals surface area contributed by atoms with Crippen LogP contribution < -0.4 is 10.6 Å². The van der Waals surface area contributed by atoms with Crippen molar-refractivity contribution in [1.29, 1.82) is 0 Å². The third kappa shape index (κ3) is 17.7. The van der Waals surface area contributed by atoms with Crippen LogP contribution in [0.25, 0.3) is 0 Å². The van der Waals surface area contributed by atoms with E-state index in [4.69, 9.17) is 0 Å². The van der Waals surface area contributed by atoms with Gasteiger partial charge in [-0.15, -0.1) is 0 Å². The second-order valence-electron chi connectivity index (χ2n) is 5.71. The van der Waals surface area contributed by atoms with Crippen molar-refractivity contribution in [2.45, 2.75) is 78.1 Å². The highest BCUT2D eigenvalue weighted by Crippen LogP contribution is 2.01. The van der Waals surface area contributed by atoms with Gasteiger partial charge in [0.05, 0.1) is 0 Å². The first-order chi connectivity index (χ1) is 9.91. The summed E-state index contributed by atoms with van der Waals surface area (Å²) < 4.78 is 0. The standard InChI is InChI=1S/C18H38N2/c1-3-5-7-9-11-15-19-17-13-14-18-20-16-12-10-8-6-4-2/h13-14,19-20H,3-12,15-18H2,1-2H3/b14-13-. The highest BCUT2D eigenvalue weighted by Gasteiger charge is 1.89. The molecular formula is C18H38N2. The van der Waals surface area contributed by atoms with E-state index >= 15 is 0 Å². The fraction of sp³-hybridized carbons (Fsp3) is 0.889. The predicted molar refractivity (Wildman–Crippen MR) is 92.4 cm³/mol. The molecule has 0 heterocycles. The zero-order chi connectivity index (χ0) is 14.7. The SMILES string of the molecule is CCCCCCCNC/C=C\CNCCCCCCC. The highest BCUT2D eigenvalue weighted by molar-refractivity contribution is 4.85. The number of rotatable bonds is 16. The number of hydrogen-bond donors (Lipinski definition) is 2. The van der Waals surface area contributed by atoms with E-state index in [0.717, 1.165) is 13.1 Å². The van der Waals surface area contributed by atoms with Gasteiger partial charge in [-0.1, -0.05) is 77.4 Å². The van der Waals surface area contributed by atoms with Crippen molar-refractivity contribution in [3.8, 4) is 0 Å². The normalized spacial score (nSPS) is 11.5. The largest absolute Gasteiger partial charge is 0.313 e. The lowest BCUT2D eigenvalue weighted by Gasteiger charge is -2.02. The molecule has 2 N–H and O–H groups in total. The number of unbranched alkanes of at least 4 members (excludes halogenated alkanes) is 8. The fourth-order valence-corrected chi connectivity index (χ4v) is 2.24. The van der Waals surface area contributed by atoms with Gasteiger partial charge in [0.25, 0.3) is 0 Å². The van der Waals surface area contributed by atoms with Crippen LogP contribution in [0.1, 0.15) is 78.1 Å². The Hall–Kier alpha value is -0.340. The van der Waals surface area contributed by atoms with Gasteiger partial charge in [-0.2, -0.15) is 0 Å². The molecule has 2 heteroatoms. The predicted octanol–water partition coefficient (Wildman–Crippen LogP) is 4.66. The van der Waals surface area contributed by atoms with Crippen molar-refractivity contribution in [1.82, 2.24) is 10.6 Å². The van der Waals surface area contributed by atoms with Crippen molar-refractivity contribution in [2.75, 3.05) is 26.2 Å². The van der Waals surface area contributed by atoms with E-state index in [2.05, 4.69) is 36.6 Å². The number of nitrogens with one attached hydrogen (secondary N) is 2. The van der Waals surface area contributed by atoms with Crippen molar-refractivity contribution in [2.24, 2.45) is 0 Å². The lowest BCUT2D eigenvalue weighted by Crippen LogP contribution is -2.17. The van der Waals surface area contributed by atoms with E-state index in [1.54, 1.807) is 0 Å². The maximum atomic E-state index is 3.47. The Balaban J connectivity index is 3.01. The molecule has 0 aromatic rings. The van der Waals surface area contributed by atoms with Crippen LogP contribution in [0.15, 0.2) is 12.2 Å². The smallest absolute Gasteiger partial charge is 0.0135 e. The summed E-state index contributed by atoms with van der Waals surface area (Å²) in [7, 11) is 0. The van der Waals surface area contributed by atoms with Gasteiger partial charge in [0.2, 0.25) is 0 Å². The third-order valence-electron chi connectivity index (χ3n) is 3.61. The Morgan fingerprint density at radius 1 is 0.550 bits per heavy atom. The quantitative estimate of drug-likeness (QED) is 0.318. The second kappa shape index (κ2) is 18.7. The van der Waals surface area contributed by atoms with Crippen LogP contribution in [0.2, 0.25) is 0 Å². The molecule has 0 aromatic heterocycles. The molecule has 0 rings (SSSR count). The molecule has 0 bridgehead atoms. The van der Waals surface area contributed by atoms with Gasteiger partial charge >= 0.3 is 0 Å². The van der Waals surface area contributed by atoms with Gasteiger partial charge in [0.15, 0.2) is 0 Å². The van der Waals surface area contributed by atoms with Gasteiger partial charge in [-0.25, -0.2) is 0 Å². The lowest BCUT2D eigenvalue weighted by atomic mass is 10.1. The van der Waals surface area contributed by atoms with E-state index in [1.165, 1.54) is 77.3 Å². The van der Waals surface area contributed by atoms with Gasteiger partial charge in [0, 0.05) is 13.1 Å². The Labute approximate surface area is 127 Å². The molecular weight excluding hydrogens is 244 g/mol. The Morgan fingerprint density at radius 2 is 0.950 bits per heavy atom. The zero-order valence-electron chi connectivity index (χ0n) is 14.1. The van der Waals surface area contributed by atoms with Crippen LogP contribution in [0.4, 0.5) is 0 Å². The Kier molecular flexibility index (Phi) is 18.3. The molecule has 0 unspecified atom stereocenters. The minimum absolute atomic E-state index is 1.02. The summed E-state index contributed by atoms with van der Waals surface area (Å²) in [6, 6.07) is 0. The summed E-state index contributed by atoms with van der Waals surface area (Å²) >= 11 is 0. The minimum Gasteiger partial charge on any atom is -0.313 e. The van der Waals surface area contributed by atoms with Gasteiger partial charge in [-0.3, -0.25) is 0 Å². The molecule has 120 valence electrons. The molecule has 20 heavy (non-hydrogen) atoms. The maximum absolute atomic E-state index is 3.47. The summed E-state index contributed by atoms with van der Waals surface area (Å²) in [5, 5.41) is 6.95. The maximum Gasteiger partial charge on any atom is 0.0135 e. The van der Waals surface area contributed by atoms with Crippen molar-refractivity contribution in [3.05, 3.63) is 12.2 Å². The summed E-state index contributed by atoms with van der Waals surface area (Å²) in [4.78, 5) is 0. The Morgan fingerprint density at radius 3 is 1.35 bits per heavy atom. The van der Waals surface area contributed by atoms with Crippen molar-refractivity contribution in [3.63, 3.8) is 0 Å². The molecule has 0 saturated carbocycles. The highest BCUT2D eigenvalue weighted by atomic mass is 14.8. The fourth-order valence-electron chi connectivity index (χ4n) is 2.24. The van der Waals surface area contributed by atoms with E-state index in [-0.39, 0.29) is 0 Å². The number of hydrogen-bond acceptors (Lipinski definition) is 2. The van der Waals surface area contributed by atoms with Crippen LogP contribution in [0, 0.1) is 0 Å². The third-order valence-corrected chi connectivity index (χ3v) is 3.61. The topological polar surface area (TPSA) is 24.1 Å². The van der Waals surface area contributed by atoms with Crippen molar-refractivity contribution >= 4 is 0 Å². The van der Waals surface area contributed by atoms with Crippen LogP contribution in [0.5, 0.6) is 0 Å². The molecule has 0 fully saturated rings. The van der Waals surface area contributed by atoms with E-state index in [1.807, 2.05) is 0 Å². The molecule has 0 aliphatic rings. The summed E-state index contributed by atoms with van der Waals surface area (Å²) in [6.07, 6.45) is 18.2. The van der Waals surface area contributed by atoms with E-state index in [0.29, 0.717) is 0 Å². The first-order valence-electron chi connectivity index (χ1n) is 8.98. The molecule has 0 aliphatic carbocycles. The van der Waals surface area contributed by atoms with Crippen LogP contribution in [-0.4, -0.2) is 26.2 Å². The molecule has 0 radical (unpaired) electrons. The molecule has 0 amide bonds. The lowest BCUT2D eigenvalue weighted by molar-refractivity contribution is 0.597. The van der Waals surface area contributed by atoms with Crippen LogP contribution in [0.3, 0.4) is 0 Å². The molecule has 0 atom stereocenters. The van der Waals surface area contributed by atoms with E-state index in [9.17, 15) is 0 Å². The Bertz CT molecular complexity index is 170. The zero-order valence-corrected chi connectivity index (χ0v) is 14.1. The first kappa shape index (κ1) is 19.7. The molecule has 2 nitrogen and oxygen atoms in total. The average molecular weight is 283 g/mol. The van der Waals surface area contributed by atoms with Crippen molar-refractivity contribution < 1.29 is 0 Å². The second-order valence-corrected chi connectivity index (χ2v) is 5.71. The van der Waals surface area contributed by atoms with Crippen LogP contribution in [-0.2, 0) is 0 Å². The van der Waals surface area contributed by atoms with Crippen LogP contribution >= 0.6 is 0 Å². The van der Waals surface area contributed by atoms with Gasteiger partial charge in [0.1, 0.15) is 0 Å². The molecule has 0 aliphatic heterocycles. The molecule has 0 saturated heterocycles. The summed E-state index contributed by atoms with van der Waals surface area (Å²) in [5.74, 6) is 0. The van der Waals surface area contributed by atoms with Gasteiger partial charge < -0.3 is 10.6 Å². The summed E-state index contributed by atoms with van der Waals surface area (Å²) in [6.45, 7) is 8.90. The monoisotopic (exact) mass is 282 g/mol. The first-order valence-corrected chi connectivity index (χ1v) is 8.98. The average Bonchev–Trinajstić information content (AvgIpc) is 2.47. The summed E-state index contributed by atoms with van der Waals surface area (Å²) in [5.41, 5.74) is 0. The minimum atomic E-state index is 1.02. The molecule has 0 spiro atoms. The molecule has 0 aromatic carbocycles.